The summed E-state index contributed by atoms with van der Waals surface area (Å²) in [6, 6.07) is 3.34. The lowest BCUT2D eigenvalue weighted by Gasteiger charge is -1.99. The Morgan fingerprint density at radius 1 is 1.53 bits per heavy atom. The van der Waals surface area contributed by atoms with Crippen LogP contribution in [-0.4, -0.2) is 23.0 Å². The van der Waals surface area contributed by atoms with Gasteiger partial charge in [-0.25, -0.2) is 9.78 Å². The first kappa shape index (κ1) is 11.4. The number of carbonyl (C=O) groups is 1. The van der Waals surface area contributed by atoms with Gasteiger partial charge < -0.3 is 19.5 Å². The van der Waals surface area contributed by atoms with Crippen molar-refractivity contribution in [3.05, 3.63) is 41.9 Å². The summed E-state index contributed by atoms with van der Waals surface area (Å²) in [5, 5.41) is 3.16. The molecule has 0 atom stereocenters. The van der Waals surface area contributed by atoms with Crippen LogP contribution in [0.15, 0.2) is 29.1 Å². The standard InChI is InChI=1S/C11H13N3O3/c1-16-11(15)10-3-2-9(17-10)6-12-4-8-5-13-7-14-8/h2-3,5,7,12H,4,6H2,1H3,(H,13,14). The fraction of sp³-hybridized carbons (Fsp3) is 0.273. The number of H-pyrrole nitrogens is 1. The molecule has 2 heterocycles. The van der Waals surface area contributed by atoms with E-state index < -0.39 is 5.97 Å². The van der Waals surface area contributed by atoms with Crippen molar-refractivity contribution in [1.29, 1.82) is 0 Å². The molecule has 0 aliphatic heterocycles. The van der Waals surface area contributed by atoms with Crippen molar-refractivity contribution in [2.45, 2.75) is 13.1 Å². The van der Waals surface area contributed by atoms with Crippen LogP contribution in [0.25, 0.3) is 0 Å². The molecule has 2 aromatic rings. The number of carbonyl (C=O) groups excluding carboxylic acids is 1. The molecule has 0 bridgehead atoms. The minimum atomic E-state index is -0.468. The molecule has 0 radical (unpaired) electrons. The number of aromatic amines is 1. The van der Waals surface area contributed by atoms with E-state index in [9.17, 15) is 4.79 Å². The van der Waals surface area contributed by atoms with Gasteiger partial charge in [0, 0.05) is 18.4 Å². The lowest BCUT2D eigenvalue weighted by atomic mass is 10.4. The van der Waals surface area contributed by atoms with Crippen LogP contribution >= 0.6 is 0 Å². The van der Waals surface area contributed by atoms with Gasteiger partial charge in [-0.1, -0.05) is 0 Å². The third-order valence-electron chi connectivity index (χ3n) is 2.22. The summed E-state index contributed by atoms with van der Waals surface area (Å²) >= 11 is 0. The fourth-order valence-corrected chi connectivity index (χ4v) is 1.38. The topological polar surface area (TPSA) is 80.1 Å². The van der Waals surface area contributed by atoms with Crippen LogP contribution in [0.4, 0.5) is 0 Å². The number of nitrogens with zero attached hydrogens (tertiary/aromatic N) is 1. The van der Waals surface area contributed by atoms with Crippen molar-refractivity contribution in [3.63, 3.8) is 0 Å². The molecular weight excluding hydrogens is 222 g/mol. The Labute approximate surface area is 98.0 Å². The maximum absolute atomic E-state index is 11.1. The van der Waals surface area contributed by atoms with Gasteiger partial charge in [0.05, 0.1) is 20.0 Å². The lowest BCUT2D eigenvalue weighted by molar-refractivity contribution is 0.0563. The highest BCUT2D eigenvalue weighted by molar-refractivity contribution is 5.86. The van der Waals surface area contributed by atoms with Gasteiger partial charge in [0.15, 0.2) is 0 Å². The molecule has 17 heavy (non-hydrogen) atoms. The second kappa shape index (κ2) is 5.31. The van der Waals surface area contributed by atoms with Crippen molar-refractivity contribution in [1.82, 2.24) is 15.3 Å². The minimum Gasteiger partial charge on any atom is -0.463 e. The summed E-state index contributed by atoms with van der Waals surface area (Å²) < 4.78 is 9.84. The number of rotatable bonds is 5. The van der Waals surface area contributed by atoms with Crippen molar-refractivity contribution >= 4 is 5.97 Å². The Balaban J connectivity index is 1.83. The van der Waals surface area contributed by atoms with Crippen LogP contribution in [0.3, 0.4) is 0 Å². The molecule has 90 valence electrons. The van der Waals surface area contributed by atoms with E-state index in [1.807, 2.05) is 0 Å². The summed E-state index contributed by atoms with van der Waals surface area (Å²) in [5.74, 6) is 0.431. The molecule has 0 saturated carbocycles. The molecule has 0 fully saturated rings. The van der Waals surface area contributed by atoms with Gasteiger partial charge in [-0.3, -0.25) is 0 Å². The maximum Gasteiger partial charge on any atom is 0.373 e. The molecule has 6 heteroatoms. The third kappa shape index (κ3) is 2.94. The lowest BCUT2D eigenvalue weighted by Crippen LogP contribution is -2.12. The quantitative estimate of drug-likeness (QED) is 0.758. The number of furan rings is 1. The van der Waals surface area contributed by atoms with Crippen LogP contribution in [0.5, 0.6) is 0 Å². The second-order valence-electron chi connectivity index (χ2n) is 3.44. The van der Waals surface area contributed by atoms with E-state index in [0.717, 1.165) is 5.69 Å². The van der Waals surface area contributed by atoms with Crippen LogP contribution in [0, 0.1) is 0 Å². The van der Waals surface area contributed by atoms with Crippen molar-refractivity contribution < 1.29 is 13.9 Å². The second-order valence-corrected chi connectivity index (χ2v) is 3.44. The van der Waals surface area contributed by atoms with Gasteiger partial charge in [0.2, 0.25) is 5.76 Å². The average molecular weight is 235 g/mol. The van der Waals surface area contributed by atoms with Crippen molar-refractivity contribution in [2.24, 2.45) is 0 Å². The number of nitrogens with one attached hydrogen (secondary N) is 2. The number of methoxy groups -OCH3 is 1. The summed E-state index contributed by atoms with van der Waals surface area (Å²) in [6.07, 6.45) is 3.37. The van der Waals surface area contributed by atoms with Gasteiger partial charge in [0.25, 0.3) is 0 Å². The molecule has 0 saturated heterocycles. The van der Waals surface area contributed by atoms with Crippen LogP contribution < -0.4 is 5.32 Å². The SMILES string of the molecule is COC(=O)c1ccc(CNCc2cnc[nH]2)o1. The van der Waals surface area contributed by atoms with Gasteiger partial charge in [-0.15, -0.1) is 0 Å². The zero-order valence-electron chi connectivity index (χ0n) is 9.40. The summed E-state index contributed by atoms with van der Waals surface area (Å²) in [6.45, 7) is 1.20. The summed E-state index contributed by atoms with van der Waals surface area (Å²) in [4.78, 5) is 18.0. The molecule has 2 aromatic heterocycles. The van der Waals surface area contributed by atoms with Crippen LogP contribution in [0.2, 0.25) is 0 Å². The van der Waals surface area contributed by atoms with E-state index in [2.05, 4.69) is 20.0 Å². The molecule has 0 aromatic carbocycles. The molecule has 0 amide bonds. The Kier molecular flexibility index (Phi) is 3.56. The molecule has 2 rings (SSSR count). The largest absolute Gasteiger partial charge is 0.463 e. The first-order chi connectivity index (χ1) is 8.29. The number of imidazole rings is 1. The summed E-state index contributed by atoms with van der Waals surface area (Å²) in [7, 11) is 1.32. The van der Waals surface area contributed by atoms with E-state index in [1.165, 1.54) is 7.11 Å². The van der Waals surface area contributed by atoms with Gasteiger partial charge in [0.1, 0.15) is 5.76 Å². The first-order valence-corrected chi connectivity index (χ1v) is 5.14. The Bertz CT molecular complexity index is 476. The minimum absolute atomic E-state index is 0.214. The van der Waals surface area contributed by atoms with Gasteiger partial charge >= 0.3 is 5.97 Å². The molecule has 0 unspecified atom stereocenters. The van der Waals surface area contributed by atoms with Gasteiger partial charge in [-0.2, -0.15) is 0 Å². The van der Waals surface area contributed by atoms with E-state index in [-0.39, 0.29) is 5.76 Å². The molecular formula is C11H13N3O3. The molecule has 2 N–H and O–H groups in total. The Morgan fingerprint density at radius 3 is 3.12 bits per heavy atom. The Morgan fingerprint density at radius 2 is 2.41 bits per heavy atom. The average Bonchev–Trinajstić information content (AvgIpc) is 2.99. The monoisotopic (exact) mass is 235 g/mol. The van der Waals surface area contributed by atoms with Crippen molar-refractivity contribution in [2.75, 3.05) is 7.11 Å². The van der Waals surface area contributed by atoms with E-state index >= 15 is 0 Å². The number of hydrogen-bond donors (Lipinski definition) is 2. The number of esters is 1. The fourth-order valence-electron chi connectivity index (χ4n) is 1.38. The third-order valence-corrected chi connectivity index (χ3v) is 2.22. The molecule has 0 aliphatic carbocycles. The first-order valence-electron chi connectivity index (χ1n) is 5.14. The molecule has 0 spiro atoms. The predicted octanol–water partition coefficient (Wildman–Crippen LogP) is 1.08. The predicted molar refractivity (Wildman–Crippen MR) is 59.2 cm³/mol. The summed E-state index contributed by atoms with van der Waals surface area (Å²) in [5.41, 5.74) is 0.991. The smallest absolute Gasteiger partial charge is 0.373 e. The van der Waals surface area contributed by atoms with E-state index in [0.29, 0.717) is 18.8 Å². The normalized spacial score (nSPS) is 10.4. The number of aromatic nitrogens is 2. The van der Waals surface area contributed by atoms with Crippen molar-refractivity contribution in [3.8, 4) is 0 Å². The van der Waals surface area contributed by atoms with E-state index in [1.54, 1.807) is 24.7 Å². The molecule has 6 nitrogen and oxygen atoms in total. The highest BCUT2D eigenvalue weighted by atomic mass is 16.5. The Hall–Kier alpha value is -2.08. The highest BCUT2D eigenvalue weighted by Gasteiger charge is 2.10. The van der Waals surface area contributed by atoms with Crippen LogP contribution in [0.1, 0.15) is 22.0 Å². The molecule has 0 aliphatic rings. The van der Waals surface area contributed by atoms with Gasteiger partial charge in [-0.05, 0) is 12.1 Å². The zero-order chi connectivity index (χ0) is 12.1. The van der Waals surface area contributed by atoms with Crippen LogP contribution in [-0.2, 0) is 17.8 Å². The highest BCUT2D eigenvalue weighted by Crippen LogP contribution is 2.08. The number of ether oxygens (including phenoxy) is 1. The maximum atomic E-state index is 11.1. The number of hydrogen-bond acceptors (Lipinski definition) is 5. The zero-order valence-corrected chi connectivity index (χ0v) is 9.40. The van der Waals surface area contributed by atoms with E-state index in [4.69, 9.17) is 4.42 Å².